The lowest BCUT2D eigenvalue weighted by Crippen LogP contribution is -2.31. The molecule has 0 radical (unpaired) electrons. The molecule has 2 aromatic carbocycles. The van der Waals surface area contributed by atoms with Gasteiger partial charge >= 0.3 is 0 Å². The van der Waals surface area contributed by atoms with E-state index in [0.717, 1.165) is 23.3 Å². The number of carbonyl (C=O) groups is 1. The number of nitro benzene ring substituents is 1. The fraction of sp³-hybridized carbons (Fsp3) is 0.278. The maximum absolute atomic E-state index is 11.5. The largest absolute Gasteiger partial charge is 0.496 e. The third kappa shape index (κ3) is 2.82. The topological polar surface area (TPSA) is 72.7 Å². The molecule has 0 spiro atoms. The van der Waals surface area contributed by atoms with E-state index in [-0.39, 0.29) is 11.5 Å². The Hall–Kier alpha value is -2.89. The number of anilines is 1. The lowest BCUT2D eigenvalue weighted by Gasteiger charge is -2.31. The van der Waals surface area contributed by atoms with Crippen LogP contribution in [0.25, 0.3) is 0 Å². The minimum Gasteiger partial charge on any atom is -0.496 e. The quantitative estimate of drug-likeness (QED) is 0.489. The van der Waals surface area contributed by atoms with E-state index in [2.05, 4.69) is 0 Å². The minimum absolute atomic E-state index is 0.0333. The summed E-state index contributed by atoms with van der Waals surface area (Å²) < 4.78 is 5.39. The van der Waals surface area contributed by atoms with E-state index in [4.69, 9.17) is 4.74 Å². The molecular formula is C18H18N2O4. The Morgan fingerprint density at radius 2 is 2.08 bits per heavy atom. The zero-order chi connectivity index (χ0) is 17.3. The van der Waals surface area contributed by atoms with Gasteiger partial charge in [-0.05, 0) is 37.1 Å². The molecule has 0 atom stereocenters. The van der Waals surface area contributed by atoms with Crippen molar-refractivity contribution in [2.24, 2.45) is 0 Å². The van der Waals surface area contributed by atoms with Crippen LogP contribution in [-0.4, -0.2) is 24.4 Å². The van der Waals surface area contributed by atoms with Gasteiger partial charge in [-0.2, -0.15) is 0 Å². The lowest BCUT2D eigenvalue weighted by atomic mass is 9.97. The fourth-order valence-electron chi connectivity index (χ4n) is 3.13. The number of nitro groups is 1. The van der Waals surface area contributed by atoms with Gasteiger partial charge in [0.25, 0.3) is 5.69 Å². The van der Waals surface area contributed by atoms with Crippen molar-refractivity contribution in [1.82, 2.24) is 0 Å². The van der Waals surface area contributed by atoms with E-state index in [1.807, 2.05) is 23.1 Å². The molecule has 0 aliphatic carbocycles. The molecule has 0 bridgehead atoms. The Bertz CT molecular complexity index is 817. The Morgan fingerprint density at radius 3 is 2.75 bits per heavy atom. The van der Waals surface area contributed by atoms with Gasteiger partial charge in [0.1, 0.15) is 11.4 Å². The number of hydrogen-bond acceptors (Lipinski definition) is 5. The number of carbonyl (C=O) groups excluding carboxylic acids is 1. The van der Waals surface area contributed by atoms with Gasteiger partial charge in [0, 0.05) is 30.3 Å². The molecule has 1 aliphatic heterocycles. The Kier molecular flexibility index (Phi) is 4.20. The van der Waals surface area contributed by atoms with Crippen LogP contribution in [0, 0.1) is 10.1 Å². The van der Waals surface area contributed by atoms with Gasteiger partial charge in [-0.25, -0.2) is 0 Å². The molecule has 0 N–H and O–H groups in total. The highest BCUT2D eigenvalue weighted by Gasteiger charge is 2.25. The smallest absolute Gasteiger partial charge is 0.293 e. The third-order valence-electron chi connectivity index (χ3n) is 4.36. The van der Waals surface area contributed by atoms with Crippen molar-refractivity contribution >= 4 is 17.2 Å². The summed E-state index contributed by atoms with van der Waals surface area (Å²) in [4.78, 5) is 24.5. The van der Waals surface area contributed by atoms with Crippen LogP contribution in [0.5, 0.6) is 5.75 Å². The molecule has 1 aliphatic rings. The number of benzene rings is 2. The highest BCUT2D eigenvalue weighted by Crippen LogP contribution is 2.35. The Morgan fingerprint density at radius 1 is 1.29 bits per heavy atom. The normalized spacial score (nSPS) is 13.3. The van der Waals surface area contributed by atoms with Gasteiger partial charge in [-0.3, -0.25) is 14.9 Å². The molecule has 0 aromatic heterocycles. The SMILES string of the molecule is COc1cccc2c1CCN(c1ccc(C(C)=O)cc1[N+](=O)[O-])C2. The zero-order valence-electron chi connectivity index (χ0n) is 13.6. The maximum Gasteiger partial charge on any atom is 0.293 e. The molecule has 1 heterocycles. The third-order valence-corrected chi connectivity index (χ3v) is 4.36. The van der Waals surface area contributed by atoms with Crippen LogP contribution in [0.4, 0.5) is 11.4 Å². The van der Waals surface area contributed by atoms with Gasteiger partial charge < -0.3 is 9.64 Å². The van der Waals surface area contributed by atoms with Crippen molar-refractivity contribution in [3.63, 3.8) is 0 Å². The first-order chi connectivity index (χ1) is 11.5. The summed E-state index contributed by atoms with van der Waals surface area (Å²) in [5, 5.41) is 11.4. The monoisotopic (exact) mass is 326 g/mol. The average molecular weight is 326 g/mol. The highest BCUT2D eigenvalue weighted by molar-refractivity contribution is 5.95. The molecule has 6 nitrogen and oxygen atoms in total. The van der Waals surface area contributed by atoms with Gasteiger partial charge in [0.2, 0.25) is 0 Å². The van der Waals surface area contributed by atoms with Crippen molar-refractivity contribution in [1.29, 1.82) is 0 Å². The average Bonchev–Trinajstić information content (AvgIpc) is 2.60. The van der Waals surface area contributed by atoms with Crippen LogP contribution in [0.3, 0.4) is 0 Å². The molecule has 24 heavy (non-hydrogen) atoms. The molecule has 124 valence electrons. The van der Waals surface area contributed by atoms with Gasteiger partial charge in [-0.15, -0.1) is 0 Å². The first-order valence-corrected chi connectivity index (χ1v) is 7.70. The summed E-state index contributed by atoms with van der Waals surface area (Å²) in [7, 11) is 1.65. The summed E-state index contributed by atoms with van der Waals surface area (Å²) in [5.41, 5.74) is 3.11. The molecule has 0 unspecified atom stereocenters. The summed E-state index contributed by atoms with van der Waals surface area (Å²) in [6.45, 7) is 2.64. The number of nitrogens with zero attached hydrogens (tertiary/aromatic N) is 2. The standard InChI is InChI=1S/C18H18N2O4/c1-12(21)13-6-7-16(17(10-13)20(22)23)19-9-8-15-14(11-19)4-3-5-18(15)24-2/h3-7,10H,8-9,11H2,1-2H3. The second-order valence-electron chi connectivity index (χ2n) is 5.79. The summed E-state index contributed by atoms with van der Waals surface area (Å²) in [6.07, 6.45) is 0.755. The molecule has 0 fully saturated rings. The number of hydrogen-bond donors (Lipinski definition) is 0. The van der Waals surface area contributed by atoms with E-state index >= 15 is 0 Å². The predicted octanol–water partition coefficient (Wildman–Crippen LogP) is 3.37. The number of rotatable bonds is 4. The first kappa shape index (κ1) is 16.0. The van der Waals surface area contributed by atoms with Crippen LogP contribution in [0.15, 0.2) is 36.4 Å². The van der Waals surface area contributed by atoms with Crippen LogP contribution < -0.4 is 9.64 Å². The molecule has 6 heteroatoms. The minimum atomic E-state index is -0.428. The molecule has 3 rings (SSSR count). The molecule has 2 aromatic rings. The second kappa shape index (κ2) is 6.31. The number of Topliss-reactive ketones (excluding diaryl/α,β-unsaturated/α-hetero) is 1. The van der Waals surface area contributed by atoms with Crippen molar-refractivity contribution in [3.8, 4) is 5.75 Å². The number of fused-ring (bicyclic) bond motifs is 1. The maximum atomic E-state index is 11.5. The molecule has 0 saturated heterocycles. The number of methoxy groups -OCH3 is 1. The number of ketones is 1. The van der Waals surface area contributed by atoms with Crippen molar-refractivity contribution in [2.45, 2.75) is 19.9 Å². The van der Waals surface area contributed by atoms with E-state index in [0.29, 0.717) is 24.3 Å². The molecular weight excluding hydrogens is 308 g/mol. The van der Waals surface area contributed by atoms with Gasteiger partial charge in [-0.1, -0.05) is 12.1 Å². The van der Waals surface area contributed by atoms with Crippen LogP contribution >= 0.6 is 0 Å². The lowest BCUT2D eigenvalue weighted by molar-refractivity contribution is -0.384. The van der Waals surface area contributed by atoms with Crippen LogP contribution in [0.1, 0.15) is 28.4 Å². The number of ether oxygens (including phenoxy) is 1. The highest BCUT2D eigenvalue weighted by atomic mass is 16.6. The first-order valence-electron chi connectivity index (χ1n) is 7.70. The van der Waals surface area contributed by atoms with Crippen molar-refractivity contribution in [3.05, 3.63) is 63.2 Å². The van der Waals surface area contributed by atoms with E-state index in [1.165, 1.54) is 13.0 Å². The van der Waals surface area contributed by atoms with Gasteiger partial charge in [0.15, 0.2) is 5.78 Å². The summed E-state index contributed by atoms with van der Waals surface area (Å²) in [6, 6.07) is 10.5. The van der Waals surface area contributed by atoms with E-state index in [1.54, 1.807) is 19.2 Å². The van der Waals surface area contributed by atoms with Crippen LogP contribution in [-0.2, 0) is 13.0 Å². The predicted molar refractivity (Wildman–Crippen MR) is 90.8 cm³/mol. The van der Waals surface area contributed by atoms with E-state index < -0.39 is 4.92 Å². The summed E-state index contributed by atoms with van der Waals surface area (Å²) >= 11 is 0. The summed E-state index contributed by atoms with van der Waals surface area (Å²) in [5.74, 6) is 0.673. The van der Waals surface area contributed by atoms with E-state index in [9.17, 15) is 14.9 Å². The second-order valence-corrected chi connectivity index (χ2v) is 5.79. The van der Waals surface area contributed by atoms with Gasteiger partial charge in [0.05, 0.1) is 12.0 Å². The zero-order valence-corrected chi connectivity index (χ0v) is 13.6. The van der Waals surface area contributed by atoms with Crippen molar-refractivity contribution < 1.29 is 14.5 Å². The Balaban J connectivity index is 1.98. The Labute approximate surface area is 139 Å². The fourth-order valence-corrected chi connectivity index (χ4v) is 3.13. The van der Waals surface area contributed by atoms with Crippen LogP contribution in [0.2, 0.25) is 0 Å². The molecule has 0 saturated carbocycles. The molecule has 0 amide bonds. The van der Waals surface area contributed by atoms with Crippen molar-refractivity contribution in [2.75, 3.05) is 18.6 Å².